The van der Waals surface area contributed by atoms with Crippen LogP contribution in [-0.4, -0.2) is 25.3 Å². The maximum atomic E-state index is 13.4. The van der Waals surface area contributed by atoms with E-state index in [9.17, 15) is 8.42 Å². The number of rotatable bonds is 6. The third kappa shape index (κ3) is 3.92. The van der Waals surface area contributed by atoms with Crippen LogP contribution in [0.2, 0.25) is 0 Å². The lowest BCUT2D eigenvalue weighted by Gasteiger charge is -2.12. The standard InChI is InChI=1S/C23H21N3O3S/c1-17-13-14-21(29-2)20(15-17)25-30(27,28)22-16-26(19-11-7-4-8-12-19)24-23(22)18-9-5-3-6-10-18/h3-16,25H,1-2H3. The van der Waals surface area contributed by atoms with Crippen molar-refractivity contribution in [2.45, 2.75) is 11.8 Å². The Morgan fingerprint density at radius 1 is 0.933 bits per heavy atom. The van der Waals surface area contributed by atoms with Crippen molar-refractivity contribution in [3.05, 3.63) is 90.6 Å². The maximum Gasteiger partial charge on any atom is 0.265 e. The van der Waals surface area contributed by atoms with Gasteiger partial charge in [-0.15, -0.1) is 0 Å². The molecular formula is C23H21N3O3S. The minimum Gasteiger partial charge on any atom is -0.495 e. The van der Waals surface area contributed by atoms with E-state index in [0.29, 0.717) is 22.7 Å². The highest BCUT2D eigenvalue weighted by molar-refractivity contribution is 7.92. The molecule has 0 spiro atoms. The second-order valence-electron chi connectivity index (χ2n) is 6.80. The Labute approximate surface area is 175 Å². The molecule has 4 aromatic rings. The highest BCUT2D eigenvalue weighted by Gasteiger charge is 2.25. The maximum absolute atomic E-state index is 13.4. The lowest BCUT2D eigenvalue weighted by molar-refractivity contribution is 0.417. The first-order valence-corrected chi connectivity index (χ1v) is 10.8. The monoisotopic (exact) mass is 419 g/mol. The number of hydrogen-bond acceptors (Lipinski definition) is 4. The number of aromatic nitrogens is 2. The quantitative estimate of drug-likeness (QED) is 0.493. The summed E-state index contributed by atoms with van der Waals surface area (Å²) in [6, 6.07) is 24.0. The molecule has 4 rings (SSSR count). The predicted octanol–water partition coefficient (Wildman–Crippen LogP) is 4.66. The Hall–Kier alpha value is -3.58. The number of benzene rings is 3. The van der Waals surface area contributed by atoms with Gasteiger partial charge in [-0.1, -0.05) is 54.6 Å². The normalized spacial score (nSPS) is 11.3. The molecule has 30 heavy (non-hydrogen) atoms. The lowest BCUT2D eigenvalue weighted by Crippen LogP contribution is -2.14. The number of anilines is 1. The molecule has 0 bridgehead atoms. The third-order valence-corrected chi connectivity index (χ3v) is 6.00. The summed E-state index contributed by atoms with van der Waals surface area (Å²) in [4.78, 5) is 0.0844. The number of methoxy groups -OCH3 is 1. The number of hydrogen-bond donors (Lipinski definition) is 1. The average molecular weight is 420 g/mol. The van der Waals surface area contributed by atoms with E-state index >= 15 is 0 Å². The summed E-state index contributed by atoms with van der Waals surface area (Å²) >= 11 is 0. The van der Waals surface area contributed by atoms with Gasteiger partial charge in [0.25, 0.3) is 10.0 Å². The summed E-state index contributed by atoms with van der Waals surface area (Å²) in [7, 11) is -2.44. The molecule has 0 aliphatic carbocycles. The molecule has 0 aliphatic heterocycles. The predicted molar refractivity (Wildman–Crippen MR) is 118 cm³/mol. The Balaban J connectivity index is 1.84. The minimum atomic E-state index is -3.94. The third-order valence-electron chi connectivity index (χ3n) is 4.64. The van der Waals surface area contributed by atoms with E-state index in [1.54, 1.807) is 16.8 Å². The summed E-state index contributed by atoms with van der Waals surface area (Å²) in [5.74, 6) is 0.445. The zero-order chi connectivity index (χ0) is 21.1. The van der Waals surface area contributed by atoms with Gasteiger partial charge in [0, 0.05) is 5.56 Å². The molecule has 7 heteroatoms. The van der Waals surface area contributed by atoms with Gasteiger partial charge in [0.05, 0.1) is 24.7 Å². The van der Waals surface area contributed by atoms with Gasteiger partial charge in [0.2, 0.25) is 0 Å². The number of nitrogens with one attached hydrogen (secondary N) is 1. The molecular weight excluding hydrogens is 398 g/mol. The van der Waals surface area contributed by atoms with Gasteiger partial charge in [-0.3, -0.25) is 4.72 Å². The van der Waals surface area contributed by atoms with Crippen LogP contribution in [0.15, 0.2) is 90.0 Å². The first kappa shape index (κ1) is 19.7. The molecule has 1 heterocycles. The van der Waals surface area contributed by atoms with Crippen molar-refractivity contribution < 1.29 is 13.2 Å². The molecule has 152 valence electrons. The van der Waals surface area contributed by atoms with Gasteiger partial charge in [0.1, 0.15) is 16.3 Å². The van der Waals surface area contributed by atoms with E-state index in [1.165, 1.54) is 13.3 Å². The van der Waals surface area contributed by atoms with Crippen LogP contribution < -0.4 is 9.46 Å². The van der Waals surface area contributed by atoms with Crippen molar-refractivity contribution in [2.24, 2.45) is 0 Å². The lowest BCUT2D eigenvalue weighted by atomic mass is 10.2. The van der Waals surface area contributed by atoms with E-state index in [-0.39, 0.29) is 4.90 Å². The molecule has 1 N–H and O–H groups in total. The minimum absolute atomic E-state index is 0.0844. The van der Waals surface area contributed by atoms with Crippen LogP contribution in [0, 0.1) is 6.92 Å². The fraction of sp³-hybridized carbons (Fsp3) is 0.0870. The van der Waals surface area contributed by atoms with Crippen LogP contribution in [-0.2, 0) is 10.0 Å². The molecule has 6 nitrogen and oxygen atoms in total. The molecule has 0 fully saturated rings. The highest BCUT2D eigenvalue weighted by Crippen LogP contribution is 2.32. The van der Waals surface area contributed by atoms with Gasteiger partial charge >= 0.3 is 0 Å². The SMILES string of the molecule is COc1ccc(C)cc1NS(=O)(=O)c1cn(-c2ccccc2)nc1-c1ccccc1. The number of ether oxygens (including phenoxy) is 1. The summed E-state index contributed by atoms with van der Waals surface area (Å²) in [6.07, 6.45) is 1.53. The van der Waals surface area contributed by atoms with Gasteiger partial charge in [-0.25, -0.2) is 13.1 Å². The Bertz CT molecular complexity index is 1270. The number of aryl methyl sites for hydroxylation is 1. The molecule has 0 saturated carbocycles. The molecule has 0 atom stereocenters. The van der Waals surface area contributed by atoms with E-state index in [2.05, 4.69) is 9.82 Å². The van der Waals surface area contributed by atoms with Crippen molar-refractivity contribution in [2.75, 3.05) is 11.8 Å². The Morgan fingerprint density at radius 3 is 2.27 bits per heavy atom. The van der Waals surface area contributed by atoms with E-state index < -0.39 is 10.0 Å². The molecule has 1 aromatic heterocycles. The number of sulfonamides is 1. The van der Waals surface area contributed by atoms with Crippen molar-refractivity contribution in [3.8, 4) is 22.7 Å². The van der Waals surface area contributed by atoms with E-state index in [4.69, 9.17) is 4.74 Å². The summed E-state index contributed by atoms with van der Waals surface area (Å²) in [6.45, 7) is 1.89. The van der Waals surface area contributed by atoms with Crippen molar-refractivity contribution in [1.82, 2.24) is 9.78 Å². The smallest absolute Gasteiger partial charge is 0.265 e. The summed E-state index contributed by atoms with van der Waals surface area (Å²) in [5.41, 5.74) is 3.15. The van der Waals surface area contributed by atoms with E-state index in [1.807, 2.05) is 73.7 Å². The van der Waals surface area contributed by atoms with Gasteiger partial charge < -0.3 is 4.74 Å². The van der Waals surface area contributed by atoms with Crippen LogP contribution in [0.1, 0.15) is 5.56 Å². The number of nitrogens with zero attached hydrogens (tertiary/aromatic N) is 2. The fourth-order valence-corrected chi connectivity index (χ4v) is 4.38. The van der Waals surface area contributed by atoms with Gasteiger partial charge in [0.15, 0.2) is 0 Å². The average Bonchev–Trinajstić information content (AvgIpc) is 3.22. The van der Waals surface area contributed by atoms with Crippen molar-refractivity contribution >= 4 is 15.7 Å². The Kier molecular flexibility index (Phi) is 5.29. The molecule has 3 aromatic carbocycles. The summed E-state index contributed by atoms with van der Waals surface area (Å²) < 4.78 is 36.4. The molecule has 0 amide bonds. The van der Waals surface area contributed by atoms with Crippen LogP contribution in [0.4, 0.5) is 5.69 Å². The van der Waals surface area contributed by atoms with Crippen LogP contribution in [0.25, 0.3) is 16.9 Å². The van der Waals surface area contributed by atoms with Crippen molar-refractivity contribution in [3.63, 3.8) is 0 Å². The zero-order valence-corrected chi connectivity index (χ0v) is 17.4. The van der Waals surface area contributed by atoms with Gasteiger partial charge in [-0.2, -0.15) is 5.10 Å². The first-order valence-electron chi connectivity index (χ1n) is 9.36. The van der Waals surface area contributed by atoms with Crippen LogP contribution >= 0.6 is 0 Å². The molecule has 0 saturated heterocycles. The topological polar surface area (TPSA) is 73.2 Å². The largest absolute Gasteiger partial charge is 0.495 e. The number of para-hydroxylation sites is 1. The molecule has 0 unspecified atom stereocenters. The van der Waals surface area contributed by atoms with Gasteiger partial charge in [-0.05, 0) is 36.8 Å². The van der Waals surface area contributed by atoms with Crippen LogP contribution in [0.5, 0.6) is 5.75 Å². The molecule has 0 aliphatic rings. The first-order chi connectivity index (χ1) is 14.5. The Morgan fingerprint density at radius 2 is 1.60 bits per heavy atom. The zero-order valence-electron chi connectivity index (χ0n) is 16.6. The van der Waals surface area contributed by atoms with Crippen LogP contribution in [0.3, 0.4) is 0 Å². The highest BCUT2D eigenvalue weighted by atomic mass is 32.2. The fourth-order valence-electron chi connectivity index (χ4n) is 3.17. The second kappa shape index (κ2) is 8.04. The summed E-state index contributed by atoms with van der Waals surface area (Å²) in [5, 5.41) is 4.58. The molecule has 0 radical (unpaired) electrons. The van der Waals surface area contributed by atoms with E-state index in [0.717, 1.165) is 11.3 Å². The second-order valence-corrected chi connectivity index (χ2v) is 8.45. The van der Waals surface area contributed by atoms with Crippen molar-refractivity contribution in [1.29, 1.82) is 0 Å².